The molecule has 2 fully saturated rings. The van der Waals surface area contributed by atoms with Gasteiger partial charge in [-0.05, 0) is 43.7 Å². The van der Waals surface area contributed by atoms with Crippen molar-refractivity contribution in [2.45, 2.75) is 51.4 Å². The summed E-state index contributed by atoms with van der Waals surface area (Å²) in [6.07, 6.45) is -3.82. The van der Waals surface area contributed by atoms with Crippen molar-refractivity contribution in [2.24, 2.45) is 0 Å². The number of aromatic nitrogens is 7. The molecular weight excluding hydrogens is 651 g/mol. The van der Waals surface area contributed by atoms with Crippen LogP contribution in [0.5, 0.6) is 5.75 Å². The van der Waals surface area contributed by atoms with E-state index in [2.05, 4.69) is 42.1 Å². The predicted octanol–water partition coefficient (Wildman–Crippen LogP) is 4.86. The number of fused-ring (bicyclic) bond motifs is 1. The van der Waals surface area contributed by atoms with Crippen LogP contribution in [0, 0.1) is 23.0 Å². The first-order valence-electron chi connectivity index (χ1n) is 15.5. The van der Waals surface area contributed by atoms with Gasteiger partial charge in [-0.2, -0.15) is 18.4 Å². The van der Waals surface area contributed by atoms with Gasteiger partial charge in [-0.15, -0.1) is 20.4 Å². The van der Waals surface area contributed by atoms with Gasteiger partial charge in [0.2, 0.25) is 5.82 Å². The lowest BCUT2D eigenvalue weighted by Crippen LogP contribution is -2.51. The van der Waals surface area contributed by atoms with Crippen molar-refractivity contribution in [3.05, 3.63) is 76.9 Å². The van der Waals surface area contributed by atoms with Gasteiger partial charge in [0.15, 0.2) is 23.0 Å². The molecule has 0 unspecified atom stereocenters. The van der Waals surface area contributed by atoms with Crippen LogP contribution in [0.3, 0.4) is 0 Å². The summed E-state index contributed by atoms with van der Waals surface area (Å²) in [6.45, 7) is 5.36. The highest BCUT2D eigenvalue weighted by Crippen LogP contribution is 2.30. The SMILES string of the molecule is C[C@H]1CN(c2ccc(F)c(OCc3ccc(C#N)cc3F)c2)CCN1Cc1nc2cc(-c3nnc(C(F)(F)F)[nH]3)nnc2n1C[C@@H]1CCO1. The summed E-state index contributed by atoms with van der Waals surface area (Å²) in [7, 11) is 0. The number of imidazole rings is 1. The van der Waals surface area contributed by atoms with Crippen LogP contribution in [0.2, 0.25) is 0 Å². The number of ether oxygens (including phenoxy) is 2. The number of piperazine rings is 1. The number of aromatic amines is 1. The highest BCUT2D eigenvalue weighted by Gasteiger charge is 2.36. The lowest BCUT2D eigenvalue weighted by atomic mass is 10.1. The minimum Gasteiger partial charge on any atom is -0.486 e. The second kappa shape index (κ2) is 13.0. The molecule has 12 nitrogen and oxygen atoms in total. The molecule has 2 atom stereocenters. The number of rotatable bonds is 9. The van der Waals surface area contributed by atoms with Gasteiger partial charge in [0.1, 0.15) is 29.5 Å². The van der Waals surface area contributed by atoms with E-state index in [4.69, 9.17) is 19.7 Å². The van der Waals surface area contributed by atoms with E-state index in [0.717, 1.165) is 18.2 Å². The maximum Gasteiger partial charge on any atom is 0.451 e. The third-order valence-electron chi connectivity index (χ3n) is 8.70. The fraction of sp³-hybridized carbons (Fsp3) is 0.375. The summed E-state index contributed by atoms with van der Waals surface area (Å²) in [5.74, 6) is -1.87. The van der Waals surface area contributed by atoms with Crippen LogP contribution in [-0.2, 0) is 30.6 Å². The Labute approximate surface area is 276 Å². The fourth-order valence-corrected chi connectivity index (χ4v) is 5.87. The molecule has 5 heterocycles. The highest BCUT2D eigenvalue weighted by molar-refractivity contribution is 5.75. The van der Waals surface area contributed by atoms with Crippen LogP contribution in [0.1, 0.15) is 36.1 Å². The predicted molar refractivity (Wildman–Crippen MR) is 164 cm³/mol. The Morgan fingerprint density at radius 3 is 2.57 bits per heavy atom. The van der Waals surface area contributed by atoms with Crippen molar-refractivity contribution in [1.82, 2.24) is 39.8 Å². The van der Waals surface area contributed by atoms with E-state index in [1.807, 2.05) is 10.6 Å². The van der Waals surface area contributed by atoms with Gasteiger partial charge in [0.25, 0.3) is 0 Å². The van der Waals surface area contributed by atoms with Crippen LogP contribution in [-0.4, -0.2) is 78.2 Å². The van der Waals surface area contributed by atoms with Gasteiger partial charge in [-0.3, -0.25) is 4.90 Å². The number of halogens is 5. The van der Waals surface area contributed by atoms with Crippen molar-refractivity contribution in [2.75, 3.05) is 31.1 Å². The van der Waals surface area contributed by atoms with E-state index in [1.165, 1.54) is 24.3 Å². The molecule has 2 aliphatic heterocycles. The molecule has 0 radical (unpaired) electrons. The number of alkyl halides is 3. The average molecular weight is 681 g/mol. The van der Waals surface area contributed by atoms with E-state index < -0.39 is 23.6 Å². The molecule has 0 bridgehead atoms. The van der Waals surface area contributed by atoms with Crippen LogP contribution in [0.25, 0.3) is 22.7 Å². The average Bonchev–Trinajstić information content (AvgIpc) is 3.69. The number of H-pyrrole nitrogens is 1. The summed E-state index contributed by atoms with van der Waals surface area (Å²) < 4.78 is 81.5. The monoisotopic (exact) mass is 680 g/mol. The summed E-state index contributed by atoms with van der Waals surface area (Å²) in [6, 6.07) is 12.1. The zero-order chi connectivity index (χ0) is 34.3. The highest BCUT2D eigenvalue weighted by atomic mass is 19.4. The Hall–Kier alpha value is -5.21. The summed E-state index contributed by atoms with van der Waals surface area (Å²) in [4.78, 5) is 11.3. The first kappa shape index (κ1) is 32.3. The molecule has 0 saturated carbocycles. The smallest absolute Gasteiger partial charge is 0.451 e. The van der Waals surface area contributed by atoms with Gasteiger partial charge >= 0.3 is 6.18 Å². The first-order chi connectivity index (χ1) is 23.6. The number of nitrogens with zero attached hydrogens (tertiary/aromatic N) is 9. The van der Waals surface area contributed by atoms with Crippen molar-refractivity contribution >= 4 is 16.9 Å². The standard InChI is InChI=1S/C32H29F5N10O2/c1-18-14-46(21-4-5-23(33)27(11-21)49-17-20-3-2-19(13-38)10-24(20)34)8-7-45(18)16-28-39-26-12-25(29-40-31(44-42-29)32(35,36)37)41-43-30(26)47(28)15-22-6-9-48-22/h2-5,10-12,18,22H,6-9,14-17H2,1H3,(H,40,42,44)/t18-,22-/m0/s1. The Bertz CT molecular complexity index is 2040. The molecule has 0 spiro atoms. The molecule has 7 rings (SSSR count). The lowest BCUT2D eigenvalue weighted by molar-refractivity contribution is -0.144. The third-order valence-corrected chi connectivity index (χ3v) is 8.70. The van der Waals surface area contributed by atoms with Crippen molar-refractivity contribution in [3.8, 4) is 23.3 Å². The van der Waals surface area contributed by atoms with Crippen LogP contribution >= 0.6 is 0 Å². The molecular formula is C32H29F5N10O2. The largest absolute Gasteiger partial charge is 0.486 e. The van der Waals surface area contributed by atoms with Crippen molar-refractivity contribution < 1.29 is 31.4 Å². The molecule has 2 saturated heterocycles. The van der Waals surface area contributed by atoms with Gasteiger partial charge in [0.05, 0.1) is 30.8 Å². The molecule has 1 N–H and O–H groups in total. The Balaban J connectivity index is 1.06. The minimum atomic E-state index is -4.68. The molecule has 0 aliphatic carbocycles. The van der Waals surface area contributed by atoms with E-state index >= 15 is 0 Å². The molecule has 2 aromatic carbocycles. The van der Waals surface area contributed by atoms with E-state index in [9.17, 15) is 22.0 Å². The molecule has 5 aromatic rings. The molecule has 2 aliphatic rings. The normalized spacial score (nSPS) is 18.4. The third kappa shape index (κ3) is 6.74. The first-order valence-corrected chi connectivity index (χ1v) is 15.5. The Kier molecular flexibility index (Phi) is 8.59. The van der Waals surface area contributed by atoms with Gasteiger partial charge < -0.3 is 23.9 Å². The van der Waals surface area contributed by atoms with E-state index in [0.29, 0.717) is 56.3 Å². The number of hydrogen-bond acceptors (Lipinski definition) is 10. The number of hydrogen-bond donors (Lipinski definition) is 1. The maximum atomic E-state index is 14.7. The second-order valence-corrected chi connectivity index (χ2v) is 12.0. The lowest BCUT2D eigenvalue weighted by Gasteiger charge is -2.41. The zero-order valence-electron chi connectivity index (χ0n) is 26.1. The van der Waals surface area contributed by atoms with E-state index in [-0.39, 0.29) is 47.1 Å². The van der Waals surface area contributed by atoms with E-state index in [1.54, 1.807) is 12.1 Å². The van der Waals surface area contributed by atoms with Gasteiger partial charge in [-0.25, -0.2) is 13.8 Å². The molecule has 49 heavy (non-hydrogen) atoms. The van der Waals surface area contributed by atoms with Gasteiger partial charge in [-0.1, -0.05) is 6.07 Å². The second-order valence-electron chi connectivity index (χ2n) is 12.0. The van der Waals surface area contributed by atoms with Crippen LogP contribution < -0.4 is 9.64 Å². The quantitative estimate of drug-likeness (QED) is 0.215. The van der Waals surface area contributed by atoms with Gasteiger partial charge in [0, 0.05) is 49.6 Å². The molecule has 0 amide bonds. The molecule has 3 aromatic heterocycles. The summed E-state index contributed by atoms with van der Waals surface area (Å²) >= 11 is 0. The maximum absolute atomic E-state index is 14.7. The minimum absolute atomic E-state index is 0.0105. The zero-order valence-corrected chi connectivity index (χ0v) is 26.1. The number of nitrogens with one attached hydrogen (secondary N) is 1. The molecule has 254 valence electrons. The van der Waals surface area contributed by atoms with Crippen LogP contribution in [0.15, 0.2) is 42.5 Å². The molecule has 17 heteroatoms. The summed E-state index contributed by atoms with van der Waals surface area (Å²) in [5, 5.41) is 24.2. The van der Waals surface area contributed by atoms with Crippen molar-refractivity contribution in [1.29, 1.82) is 5.26 Å². The number of anilines is 1. The van der Waals surface area contributed by atoms with Crippen molar-refractivity contribution in [3.63, 3.8) is 0 Å². The summed E-state index contributed by atoms with van der Waals surface area (Å²) in [5.41, 5.74) is 2.16. The topological polar surface area (TPSA) is 134 Å². The number of nitriles is 1. The van der Waals surface area contributed by atoms with Crippen LogP contribution in [0.4, 0.5) is 27.6 Å². The Morgan fingerprint density at radius 1 is 1.04 bits per heavy atom. The Morgan fingerprint density at radius 2 is 1.88 bits per heavy atom. The fourth-order valence-electron chi connectivity index (χ4n) is 5.87. The number of benzene rings is 2.